The molecule has 0 saturated heterocycles. The van der Waals surface area contributed by atoms with Gasteiger partial charge in [-0.2, -0.15) is 0 Å². The maximum absolute atomic E-state index is 5.48. The minimum Gasteiger partial charge on any atom is -0.468 e. The standard InChI is InChI=1S/C18H20N2O/c1-2-6-16(7-3-1)10-12-20(14-17-8-4-11-19-17)15-18-9-5-13-21-18/h1-9,11,13,19H,10,12,14-15H2. The Kier molecular flexibility index (Phi) is 4.54. The van der Waals surface area contributed by atoms with Gasteiger partial charge in [0.2, 0.25) is 0 Å². The summed E-state index contributed by atoms with van der Waals surface area (Å²) in [4.78, 5) is 5.67. The zero-order valence-corrected chi connectivity index (χ0v) is 12.0. The number of aromatic amines is 1. The lowest BCUT2D eigenvalue weighted by Gasteiger charge is -2.20. The first-order chi connectivity index (χ1) is 10.4. The molecular formula is C18H20N2O. The number of rotatable bonds is 7. The number of nitrogens with one attached hydrogen (secondary N) is 1. The van der Waals surface area contributed by atoms with Crippen LogP contribution in [0.2, 0.25) is 0 Å². The number of hydrogen-bond acceptors (Lipinski definition) is 2. The molecule has 108 valence electrons. The number of hydrogen-bond donors (Lipinski definition) is 1. The number of H-pyrrole nitrogens is 1. The predicted molar refractivity (Wildman–Crippen MR) is 83.8 cm³/mol. The van der Waals surface area contributed by atoms with E-state index in [1.54, 1.807) is 6.26 Å². The first-order valence-corrected chi connectivity index (χ1v) is 7.31. The highest BCUT2D eigenvalue weighted by atomic mass is 16.3. The Morgan fingerprint density at radius 2 is 1.81 bits per heavy atom. The molecule has 2 aromatic heterocycles. The van der Waals surface area contributed by atoms with Crippen molar-refractivity contribution >= 4 is 0 Å². The van der Waals surface area contributed by atoms with E-state index >= 15 is 0 Å². The Hall–Kier alpha value is -2.26. The minimum atomic E-state index is 0.832. The largest absolute Gasteiger partial charge is 0.468 e. The maximum atomic E-state index is 5.48. The predicted octanol–water partition coefficient (Wildman–Crippen LogP) is 3.85. The average molecular weight is 280 g/mol. The second-order valence-electron chi connectivity index (χ2n) is 5.22. The van der Waals surface area contributed by atoms with E-state index in [9.17, 15) is 0 Å². The van der Waals surface area contributed by atoms with Gasteiger partial charge in [0.15, 0.2) is 0 Å². The highest BCUT2D eigenvalue weighted by molar-refractivity contribution is 5.15. The second kappa shape index (κ2) is 6.95. The lowest BCUT2D eigenvalue weighted by Crippen LogP contribution is -2.25. The smallest absolute Gasteiger partial charge is 0.117 e. The summed E-state index contributed by atoms with van der Waals surface area (Å²) in [7, 11) is 0. The van der Waals surface area contributed by atoms with Crippen LogP contribution in [0.1, 0.15) is 17.0 Å². The van der Waals surface area contributed by atoms with Gasteiger partial charge in [-0.05, 0) is 36.2 Å². The summed E-state index contributed by atoms with van der Waals surface area (Å²) >= 11 is 0. The van der Waals surface area contributed by atoms with Gasteiger partial charge in [0, 0.05) is 25.0 Å². The minimum absolute atomic E-state index is 0.832. The Balaban J connectivity index is 1.63. The van der Waals surface area contributed by atoms with E-state index in [-0.39, 0.29) is 0 Å². The van der Waals surface area contributed by atoms with E-state index in [2.05, 4.69) is 46.3 Å². The number of aromatic nitrogens is 1. The fourth-order valence-electron chi connectivity index (χ4n) is 2.48. The third kappa shape index (κ3) is 4.10. The summed E-state index contributed by atoms with van der Waals surface area (Å²) in [5, 5.41) is 0. The molecule has 0 amide bonds. The molecule has 3 nitrogen and oxygen atoms in total. The van der Waals surface area contributed by atoms with Crippen molar-refractivity contribution < 1.29 is 4.42 Å². The molecule has 0 aliphatic rings. The second-order valence-corrected chi connectivity index (χ2v) is 5.22. The van der Waals surface area contributed by atoms with Crippen LogP contribution in [0.25, 0.3) is 0 Å². The van der Waals surface area contributed by atoms with Crippen LogP contribution in [0.3, 0.4) is 0 Å². The van der Waals surface area contributed by atoms with Crippen molar-refractivity contribution in [2.45, 2.75) is 19.5 Å². The molecule has 0 aliphatic heterocycles. The van der Waals surface area contributed by atoms with E-state index in [1.807, 2.05) is 24.4 Å². The van der Waals surface area contributed by atoms with Gasteiger partial charge in [0.05, 0.1) is 12.8 Å². The number of nitrogens with zero attached hydrogens (tertiary/aromatic N) is 1. The van der Waals surface area contributed by atoms with Crippen LogP contribution in [0, 0.1) is 0 Å². The molecule has 0 saturated carbocycles. The molecule has 3 aromatic rings. The molecule has 21 heavy (non-hydrogen) atoms. The molecule has 0 atom stereocenters. The molecule has 3 heteroatoms. The van der Waals surface area contributed by atoms with Crippen LogP contribution in [0.5, 0.6) is 0 Å². The van der Waals surface area contributed by atoms with E-state index in [0.717, 1.165) is 31.8 Å². The van der Waals surface area contributed by atoms with Crippen LogP contribution in [0.15, 0.2) is 71.5 Å². The van der Waals surface area contributed by atoms with Crippen LogP contribution in [0.4, 0.5) is 0 Å². The van der Waals surface area contributed by atoms with Gasteiger partial charge < -0.3 is 9.40 Å². The Bertz CT molecular complexity index is 578. The summed E-state index contributed by atoms with van der Waals surface area (Å²) in [5.74, 6) is 1.01. The van der Waals surface area contributed by atoms with Crippen molar-refractivity contribution in [3.05, 3.63) is 84.1 Å². The van der Waals surface area contributed by atoms with Gasteiger partial charge in [-0.3, -0.25) is 4.90 Å². The van der Waals surface area contributed by atoms with Gasteiger partial charge in [-0.15, -0.1) is 0 Å². The molecule has 3 rings (SSSR count). The SMILES string of the molecule is c1ccc(CCN(Cc2ccc[nH]2)Cc2ccco2)cc1. The molecule has 2 heterocycles. The lowest BCUT2D eigenvalue weighted by molar-refractivity contribution is 0.236. The highest BCUT2D eigenvalue weighted by Crippen LogP contribution is 2.11. The zero-order valence-electron chi connectivity index (χ0n) is 12.0. The maximum Gasteiger partial charge on any atom is 0.117 e. The first kappa shape index (κ1) is 13.7. The molecule has 0 unspecified atom stereocenters. The van der Waals surface area contributed by atoms with Gasteiger partial charge >= 0.3 is 0 Å². The van der Waals surface area contributed by atoms with E-state index in [1.165, 1.54) is 11.3 Å². The van der Waals surface area contributed by atoms with E-state index in [0.29, 0.717) is 0 Å². The van der Waals surface area contributed by atoms with Gasteiger partial charge in [0.25, 0.3) is 0 Å². The summed E-state index contributed by atoms with van der Waals surface area (Å²) in [6.45, 7) is 2.74. The van der Waals surface area contributed by atoms with E-state index in [4.69, 9.17) is 4.42 Å². The highest BCUT2D eigenvalue weighted by Gasteiger charge is 2.09. The first-order valence-electron chi connectivity index (χ1n) is 7.31. The quantitative estimate of drug-likeness (QED) is 0.713. The molecule has 0 spiro atoms. The molecular weight excluding hydrogens is 260 g/mol. The normalized spacial score (nSPS) is 11.1. The molecule has 1 aromatic carbocycles. The van der Waals surface area contributed by atoms with Crippen molar-refractivity contribution in [2.75, 3.05) is 6.54 Å². The third-order valence-electron chi connectivity index (χ3n) is 3.58. The average Bonchev–Trinajstić information content (AvgIpc) is 3.20. The van der Waals surface area contributed by atoms with E-state index < -0.39 is 0 Å². The Morgan fingerprint density at radius 3 is 2.52 bits per heavy atom. The van der Waals surface area contributed by atoms with Crippen LogP contribution in [-0.2, 0) is 19.5 Å². The Labute approximate surface area is 125 Å². The van der Waals surface area contributed by atoms with Gasteiger partial charge in [0.1, 0.15) is 5.76 Å². The summed E-state index contributed by atoms with van der Waals surface area (Å²) < 4.78 is 5.48. The summed E-state index contributed by atoms with van der Waals surface area (Å²) in [6.07, 6.45) is 4.75. The number of benzene rings is 1. The van der Waals surface area contributed by atoms with Crippen molar-refractivity contribution in [2.24, 2.45) is 0 Å². The van der Waals surface area contributed by atoms with Crippen molar-refractivity contribution in [1.82, 2.24) is 9.88 Å². The van der Waals surface area contributed by atoms with Gasteiger partial charge in [-0.25, -0.2) is 0 Å². The fourth-order valence-corrected chi connectivity index (χ4v) is 2.48. The molecule has 0 fully saturated rings. The third-order valence-corrected chi connectivity index (χ3v) is 3.58. The monoisotopic (exact) mass is 280 g/mol. The van der Waals surface area contributed by atoms with Crippen LogP contribution in [-0.4, -0.2) is 16.4 Å². The summed E-state index contributed by atoms with van der Waals surface area (Å²) in [6, 6.07) is 18.7. The van der Waals surface area contributed by atoms with Gasteiger partial charge in [-0.1, -0.05) is 30.3 Å². The van der Waals surface area contributed by atoms with Crippen molar-refractivity contribution in [3.63, 3.8) is 0 Å². The zero-order chi connectivity index (χ0) is 14.3. The molecule has 0 bridgehead atoms. The molecule has 0 aliphatic carbocycles. The number of furan rings is 1. The van der Waals surface area contributed by atoms with Crippen LogP contribution >= 0.6 is 0 Å². The summed E-state index contributed by atoms with van der Waals surface area (Å²) in [5.41, 5.74) is 2.60. The Morgan fingerprint density at radius 1 is 0.905 bits per heavy atom. The van der Waals surface area contributed by atoms with Crippen LogP contribution < -0.4 is 0 Å². The molecule has 1 N–H and O–H groups in total. The fraction of sp³-hybridized carbons (Fsp3) is 0.222. The molecule has 0 radical (unpaired) electrons. The van der Waals surface area contributed by atoms with Crippen molar-refractivity contribution in [3.8, 4) is 0 Å². The lowest BCUT2D eigenvalue weighted by atomic mass is 10.1. The topological polar surface area (TPSA) is 32.2 Å². The van der Waals surface area contributed by atoms with Crippen molar-refractivity contribution in [1.29, 1.82) is 0 Å².